The summed E-state index contributed by atoms with van der Waals surface area (Å²) in [4.78, 5) is 28.2. The van der Waals surface area contributed by atoms with Gasteiger partial charge in [0.15, 0.2) is 0 Å². The summed E-state index contributed by atoms with van der Waals surface area (Å²) in [6.45, 7) is 0. The number of amides is 2. The van der Waals surface area contributed by atoms with Gasteiger partial charge in [0.05, 0.1) is 0 Å². The molecular formula is C14H13N3O2. The summed E-state index contributed by atoms with van der Waals surface area (Å²) >= 11 is 0. The van der Waals surface area contributed by atoms with Crippen LogP contribution in [-0.2, 0) is 9.59 Å². The van der Waals surface area contributed by atoms with E-state index in [1.807, 2.05) is 30.3 Å². The second kappa shape index (κ2) is 5.30. The number of carbonyl (C=O) groups is 2. The van der Waals surface area contributed by atoms with E-state index in [4.69, 9.17) is 5.73 Å². The molecule has 1 heterocycles. The van der Waals surface area contributed by atoms with Crippen LogP contribution in [0.1, 0.15) is 5.56 Å². The van der Waals surface area contributed by atoms with E-state index in [1.54, 1.807) is 13.1 Å². The largest absolute Gasteiger partial charge is 0.366 e. The van der Waals surface area contributed by atoms with Crippen LogP contribution in [0.2, 0.25) is 0 Å². The Kier molecular flexibility index (Phi) is 3.56. The van der Waals surface area contributed by atoms with E-state index in [9.17, 15) is 9.59 Å². The first kappa shape index (κ1) is 12.8. The molecule has 0 saturated heterocycles. The molecule has 1 aromatic rings. The Morgan fingerprint density at radius 3 is 2.63 bits per heavy atom. The second-order valence-corrected chi connectivity index (χ2v) is 4.01. The zero-order valence-electron chi connectivity index (χ0n) is 10.4. The lowest BCUT2D eigenvalue weighted by molar-refractivity contribution is -0.121. The van der Waals surface area contributed by atoms with E-state index < -0.39 is 5.91 Å². The second-order valence-electron chi connectivity index (χ2n) is 4.01. The molecule has 2 amide bonds. The van der Waals surface area contributed by atoms with E-state index in [0.717, 1.165) is 5.56 Å². The summed E-state index contributed by atoms with van der Waals surface area (Å²) in [5.41, 5.74) is 6.23. The van der Waals surface area contributed by atoms with Crippen molar-refractivity contribution in [2.75, 3.05) is 7.05 Å². The maximum Gasteiger partial charge on any atom is 0.277 e. The molecule has 0 radical (unpaired) electrons. The Bertz CT molecular complexity index is 600. The van der Waals surface area contributed by atoms with Crippen LogP contribution in [0.25, 0.3) is 6.08 Å². The van der Waals surface area contributed by atoms with Crippen molar-refractivity contribution in [3.8, 4) is 0 Å². The number of carbonyl (C=O) groups excluding carboxylic acids is 2. The van der Waals surface area contributed by atoms with Crippen LogP contribution in [-0.4, -0.2) is 29.6 Å². The van der Waals surface area contributed by atoms with Crippen LogP contribution in [0.3, 0.4) is 0 Å². The molecule has 19 heavy (non-hydrogen) atoms. The van der Waals surface area contributed by atoms with Crippen molar-refractivity contribution in [2.24, 2.45) is 10.7 Å². The number of rotatable bonds is 3. The normalized spacial score (nSPS) is 17.3. The van der Waals surface area contributed by atoms with Crippen LogP contribution in [0.4, 0.5) is 0 Å². The summed E-state index contributed by atoms with van der Waals surface area (Å²) < 4.78 is 0. The number of amidine groups is 1. The van der Waals surface area contributed by atoms with Crippen molar-refractivity contribution in [3.05, 3.63) is 53.7 Å². The summed E-state index contributed by atoms with van der Waals surface area (Å²) in [7, 11) is 1.60. The predicted octanol–water partition coefficient (Wildman–Crippen LogP) is 0.940. The first-order valence-corrected chi connectivity index (χ1v) is 5.69. The highest BCUT2D eigenvalue weighted by Crippen LogP contribution is 2.17. The monoisotopic (exact) mass is 255 g/mol. The molecule has 0 aliphatic carbocycles. The SMILES string of the molecule is CN1C(=O)/C(=C/c2ccccc2)N=C1/C=C/C(N)=O. The third kappa shape index (κ3) is 2.95. The van der Waals surface area contributed by atoms with Gasteiger partial charge in [-0.3, -0.25) is 14.5 Å². The highest BCUT2D eigenvalue weighted by Gasteiger charge is 2.24. The average Bonchev–Trinajstić information content (AvgIpc) is 2.66. The zero-order valence-corrected chi connectivity index (χ0v) is 10.4. The summed E-state index contributed by atoms with van der Waals surface area (Å²) in [6, 6.07) is 9.43. The van der Waals surface area contributed by atoms with Crippen molar-refractivity contribution in [3.63, 3.8) is 0 Å². The fraction of sp³-hybridized carbons (Fsp3) is 0.0714. The Morgan fingerprint density at radius 2 is 2.00 bits per heavy atom. The van der Waals surface area contributed by atoms with Gasteiger partial charge in [0, 0.05) is 13.1 Å². The van der Waals surface area contributed by atoms with Crippen LogP contribution in [0, 0.1) is 0 Å². The van der Waals surface area contributed by atoms with E-state index in [0.29, 0.717) is 11.5 Å². The molecule has 0 saturated carbocycles. The summed E-state index contributed by atoms with van der Waals surface area (Å²) in [5, 5.41) is 0. The molecule has 0 unspecified atom stereocenters. The molecule has 2 rings (SSSR count). The summed E-state index contributed by atoms with van der Waals surface area (Å²) in [5.74, 6) is -0.400. The Balaban J connectivity index is 2.30. The first-order chi connectivity index (χ1) is 9.08. The lowest BCUT2D eigenvalue weighted by Crippen LogP contribution is -2.26. The zero-order chi connectivity index (χ0) is 13.8. The molecule has 0 atom stereocenters. The van der Waals surface area contributed by atoms with Gasteiger partial charge in [0.1, 0.15) is 11.5 Å². The minimum atomic E-state index is -0.580. The Labute approximate surface area is 110 Å². The first-order valence-electron chi connectivity index (χ1n) is 5.69. The molecule has 1 aliphatic rings. The molecule has 1 aliphatic heterocycles. The standard InChI is InChI=1S/C14H13N3O2/c1-17-13(8-7-12(15)18)16-11(14(17)19)9-10-5-3-2-4-6-10/h2-9H,1H3,(H2,15,18)/b8-7+,11-9-. The van der Waals surface area contributed by atoms with E-state index in [-0.39, 0.29) is 5.91 Å². The van der Waals surface area contributed by atoms with Crippen molar-refractivity contribution in [1.29, 1.82) is 0 Å². The predicted molar refractivity (Wildman–Crippen MR) is 73.0 cm³/mol. The van der Waals surface area contributed by atoms with Crippen molar-refractivity contribution < 1.29 is 9.59 Å². The van der Waals surface area contributed by atoms with Crippen LogP contribution < -0.4 is 5.73 Å². The Morgan fingerprint density at radius 1 is 1.32 bits per heavy atom. The number of nitrogens with zero attached hydrogens (tertiary/aromatic N) is 2. The number of nitrogens with two attached hydrogens (primary N) is 1. The van der Waals surface area contributed by atoms with Gasteiger partial charge in [-0.2, -0.15) is 0 Å². The fourth-order valence-corrected chi connectivity index (χ4v) is 1.63. The van der Waals surface area contributed by atoms with Crippen molar-refractivity contribution in [1.82, 2.24) is 4.90 Å². The molecule has 0 aromatic heterocycles. The molecular weight excluding hydrogens is 242 g/mol. The molecule has 0 fully saturated rings. The highest BCUT2D eigenvalue weighted by atomic mass is 16.2. The molecule has 0 bridgehead atoms. The fourth-order valence-electron chi connectivity index (χ4n) is 1.63. The quantitative estimate of drug-likeness (QED) is 0.816. The third-order valence-corrected chi connectivity index (χ3v) is 2.60. The number of hydrogen-bond acceptors (Lipinski definition) is 3. The number of hydrogen-bond donors (Lipinski definition) is 1. The average molecular weight is 255 g/mol. The number of primary amides is 1. The number of likely N-dealkylation sites (N-methyl/N-ethyl adjacent to an activating group) is 1. The smallest absolute Gasteiger partial charge is 0.277 e. The minimum Gasteiger partial charge on any atom is -0.366 e. The van der Waals surface area contributed by atoms with Crippen molar-refractivity contribution in [2.45, 2.75) is 0 Å². The van der Waals surface area contributed by atoms with E-state index >= 15 is 0 Å². The third-order valence-electron chi connectivity index (χ3n) is 2.60. The number of benzene rings is 1. The van der Waals surface area contributed by atoms with Gasteiger partial charge in [-0.05, 0) is 17.7 Å². The van der Waals surface area contributed by atoms with Gasteiger partial charge in [0.2, 0.25) is 5.91 Å². The molecule has 5 nitrogen and oxygen atoms in total. The minimum absolute atomic E-state index is 0.215. The lowest BCUT2D eigenvalue weighted by atomic mass is 10.2. The van der Waals surface area contributed by atoms with Crippen molar-refractivity contribution >= 4 is 23.7 Å². The lowest BCUT2D eigenvalue weighted by Gasteiger charge is -2.07. The topological polar surface area (TPSA) is 75.8 Å². The van der Waals surface area contributed by atoms with E-state index in [1.165, 1.54) is 17.1 Å². The van der Waals surface area contributed by atoms with Gasteiger partial charge in [-0.25, -0.2) is 4.99 Å². The highest BCUT2D eigenvalue weighted by molar-refractivity contribution is 6.18. The molecule has 5 heteroatoms. The molecule has 96 valence electrons. The van der Waals surface area contributed by atoms with Crippen LogP contribution in [0.15, 0.2) is 53.2 Å². The molecule has 1 aromatic carbocycles. The number of aliphatic imine (C=N–C) groups is 1. The van der Waals surface area contributed by atoms with Crippen LogP contribution >= 0.6 is 0 Å². The molecule has 0 spiro atoms. The van der Waals surface area contributed by atoms with Gasteiger partial charge in [-0.1, -0.05) is 30.3 Å². The molecule has 2 N–H and O–H groups in total. The van der Waals surface area contributed by atoms with E-state index in [2.05, 4.69) is 4.99 Å². The van der Waals surface area contributed by atoms with Crippen LogP contribution in [0.5, 0.6) is 0 Å². The van der Waals surface area contributed by atoms with Gasteiger partial charge < -0.3 is 5.73 Å². The maximum absolute atomic E-state index is 12.0. The van der Waals surface area contributed by atoms with Gasteiger partial charge in [-0.15, -0.1) is 0 Å². The van der Waals surface area contributed by atoms with Gasteiger partial charge >= 0.3 is 0 Å². The van der Waals surface area contributed by atoms with Gasteiger partial charge in [0.25, 0.3) is 5.91 Å². The summed E-state index contributed by atoms with van der Waals surface area (Å²) in [6.07, 6.45) is 4.30. The maximum atomic E-state index is 12.0. The Hall–Kier alpha value is -2.69.